The SMILES string of the molecule is CC(C)c1c[nH]c2ccc(NC(=N)c3cccs3)cc12. The van der Waals surface area contributed by atoms with Crippen LogP contribution >= 0.6 is 11.3 Å². The van der Waals surface area contributed by atoms with Crippen LogP contribution in [0.15, 0.2) is 41.9 Å². The number of thiophene rings is 1. The van der Waals surface area contributed by atoms with Gasteiger partial charge in [0, 0.05) is 22.8 Å². The third kappa shape index (κ3) is 2.34. The van der Waals surface area contributed by atoms with Crippen LogP contribution in [0.5, 0.6) is 0 Å². The van der Waals surface area contributed by atoms with Crippen molar-refractivity contribution in [3.05, 3.63) is 52.3 Å². The summed E-state index contributed by atoms with van der Waals surface area (Å²) in [5.41, 5.74) is 3.41. The summed E-state index contributed by atoms with van der Waals surface area (Å²) >= 11 is 1.57. The van der Waals surface area contributed by atoms with E-state index in [9.17, 15) is 0 Å². The first kappa shape index (κ1) is 12.9. The molecule has 0 fully saturated rings. The monoisotopic (exact) mass is 283 g/mol. The molecule has 20 heavy (non-hydrogen) atoms. The molecular weight excluding hydrogens is 266 g/mol. The van der Waals surface area contributed by atoms with Crippen molar-refractivity contribution < 1.29 is 0 Å². The topological polar surface area (TPSA) is 51.7 Å². The Hall–Kier alpha value is -2.07. The number of aromatic nitrogens is 1. The Bertz CT molecular complexity index is 738. The lowest BCUT2D eigenvalue weighted by Gasteiger charge is -2.08. The maximum Gasteiger partial charge on any atom is 0.140 e. The molecule has 0 atom stereocenters. The zero-order valence-electron chi connectivity index (χ0n) is 11.5. The number of anilines is 1. The number of rotatable bonds is 3. The van der Waals surface area contributed by atoms with Crippen molar-refractivity contribution >= 4 is 33.8 Å². The number of aromatic amines is 1. The quantitative estimate of drug-likeness (QED) is 0.470. The van der Waals surface area contributed by atoms with Crippen LogP contribution in [-0.2, 0) is 0 Å². The average Bonchev–Trinajstić information content (AvgIpc) is 3.07. The molecule has 0 bridgehead atoms. The summed E-state index contributed by atoms with van der Waals surface area (Å²) in [7, 11) is 0. The highest BCUT2D eigenvalue weighted by atomic mass is 32.1. The van der Waals surface area contributed by atoms with Gasteiger partial charge in [-0.1, -0.05) is 19.9 Å². The minimum absolute atomic E-state index is 0.445. The number of nitrogens with one attached hydrogen (secondary N) is 3. The number of benzene rings is 1. The number of H-pyrrole nitrogens is 1. The smallest absolute Gasteiger partial charge is 0.140 e. The van der Waals surface area contributed by atoms with Crippen molar-refractivity contribution in [3.8, 4) is 0 Å². The van der Waals surface area contributed by atoms with Crippen LogP contribution in [-0.4, -0.2) is 10.8 Å². The third-order valence-electron chi connectivity index (χ3n) is 3.37. The molecular formula is C16H17N3S. The lowest BCUT2D eigenvalue weighted by atomic mass is 10.0. The lowest BCUT2D eigenvalue weighted by Crippen LogP contribution is -2.09. The van der Waals surface area contributed by atoms with E-state index in [0.29, 0.717) is 11.8 Å². The van der Waals surface area contributed by atoms with E-state index in [1.807, 2.05) is 23.6 Å². The Kier molecular flexibility index (Phi) is 3.32. The summed E-state index contributed by atoms with van der Waals surface area (Å²) < 4.78 is 0. The molecule has 102 valence electrons. The molecule has 0 radical (unpaired) electrons. The second kappa shape index (κ2) is 5.13. The fourth-order valence-corrected chi connectivity index (χ4v) is 2.95. The van der Waals surface area contributed by atoms with Crippen LogP contribution in [0.4, 0.5) is 5.69 Å². The Labute approximate surface area is 122 Å². The Morgan fingerprint density at radius 3 is 2.85 bits per heavy atom. The van der Waals surface area contributed by atoms with Crippen LogP contribution in [0.1, 0.15) is 30.2 Å². The van der Waals surface area contributed by atoms with Gasteiger partial charge in [0.05, 0.1) is 4.88 Å². The standard InChI is InChI=1S/C16H17N3S/c1-10(2)13-9-18-14-6-5-11(8-12(13)14)19-16(17)15-4-3-7-20-15/h3-10,18H,1-2H3,(H2,17,19). The summed E-state index contributed by atoms with van der Waals surface area (Å²) in [6, 6.07) is 10.1. The predicted octanol–water partition coefficient (Wildman–Crippen LogP) is 4.79. The Balaban J connectivity index is 1.92. The van der Waals surface area contributed by atoms with E-state index in [-0.39, 0.29) is 0 Å². The van der Waals surface area contributed by atoms with Gasteiger partial charge in [-0.2, -0.15) is 0 Å². The van der Waals surface area contributed by atoms with Gasteiger partial charge in [-0.25, -0.2) is 0 Å². The molecule has 0 saturated heterocycles. The van der Waals surface area contributed by atoms with E-state index in [2.05, 4.69) is 42.5 Å². The second-order valence-electron chi connectivity index (χ2n) is 5.14. The van der Waals surface area contributed by atoms with Gasteiger partial charge in [-0.15, -0.1) is 11.3 Å². The van der Waals surface area contributed by atoms with Gasteiger partial charge < -0.3 is 10.3 Å². The first-order chi connectivity index (χ1) is 9.65. The van der Waals surface area contributed by atoms with E-state index < -0.39 is 0 Å². The number of hydrogen-bond acceptors (Lipinski definition) is 2. The second-order valence-corrected chi connectivity index (χ2v) is 6.08. The summed E-state index contributed by atoms with van der Waals surface area (Å²) in [5, 5.41) is 14.5. The molecule has 1 aromatic carbocycles. The largest absolute Gasteiger partial charge is 0.361 e. The van der Waals surface area contributed by atoms with Crippen LogP contribution in [0.25, 0.3) is 10.9 Å². The van der Waals surface area contributed by atoms with E-state index in [4.69, 9.17) is 5.41 Å². The van der Waals surface area contributed by atoms with Gasteiger partial charge in [0.1, 0.15) is 5.84 Å². The van der Waals surface area contributed by atoms with Gasteiger partial charge in [-0.05, 0) is 41.1 Å². The van der Waals surface area contributed by atoms with Crippen LogP contribution < -0.4 is 5.32 Å². The highest BCUT2D eigenvalue weighted by Gasteiger charge is 2.09. The molecule has 3 rings (SSSR count). The van der Waals surface area contributed by atoms with Gasteiger partial charge in [0.2, 0.25) is 0 Å². The average molecular weight is 283 g/mol. The highest BCUT2D eigenvalue weighted by molar-refractivity contribution is 7.12. The summed E-state index contributed by atoms with van der Waals surface area (Å²) in [5.74, 6) is 0.928. The highest BCUT2D eigenvalue weighted by Crippen LogP contribution is 2.27. The number of fused-ring (bicyclic) bond motifs is 1. The zero-order valence-corrected chi connectivity index (χ0v) is 12.3. The molecule has 0 aliphatic rings. The summed E-state index contributed by atoms with van der Waals surface area (Å²) in [6.45, 7) is 4.38. The molecule has 0 amide bonds. The first-order valence-electron chi connectivity index (χ1n) is 6.65. The molecule has 4 heteroatoms. The lowest BCUT2D eigenvalue weighted by molar-refractivity contribution is 0.875. The summed E-state index contributed by atoms with van der Waals surface area (Å²) in [4.78, 5) is 4.25. The van der Waals surface area contributed by atoms with Crippen molar-refractivity contribution in [3.63, 3.8) is 0 Å². The van der Waals surface area contributed by atoms with Crippen molar-refractivity contribution in [2.24, 2.45) is 0 Å². The molecule has 0 saturated carbocycles. The fraction of sp³-hybridized carbons (Fsp3) is 0.188. The molecule has 3 N–H and O–H groups in total. The minimum Gasteiger partial charge on any atom is -0.361 e. The van der Waals surface area contributed by atoms with Crippen LogP contribution in [0, 0.1) is 5.41 Å². The normalized spacial score (nSPS) is 11.2. The van der Waals surface area contributed by atoms with E-state index >= 15 is 0 Å². The molecule has 0 aliphatic heterocycles. The van der Waals surface area contributed by atoms with Crippen LogP contribution in [0.3, 0.4) is 0 Å². The first-order valence-corrected chi connectivity index (χ1v) is 7.53. The molecule has 2 heterocycles. The number of hydrogen-bond donors (Lipinski definition) is 3. The van der Waals surface area contributed by atoms with Gasteiger partial charge in [0.15, 0.2) is 0 Å². The molecule has 0 unspecified atom stereocenters. The molecule has 3 aromatic rings. The maximum atomic E-state index is 8.08. The van der Waals surface area contributed by atoms with Crippen molar-refractivity contribution in [2.45, 2.75) is 19.8 Å². The minimum atomic E-state index is 0.445. The number of amidine groups is 1. The van der Waals surface area contributed by atoms with Gasteiger partial charge in [0.25, 0.3) is 0 Å². The van der Waals surface area contributed by atoms with Crippen molar-refractivity contribution in [1.82, 2.24) is 4.98 Å². The Morgan fingerprint density at radius 2 is 2.15 bits per heavy atom. The van der Waals surface area contributed by atoms with Gasteiger partial charge in [-0.3, -0.25) is 5.41 Å². The summed E-state index contributed by atoms with van der Waals surface area (Å²) in [6.07, 6.45) is 2.07. The Morgan fingerprint density at radius 1 is 1.30 bits per heavy atom. The predicted molar refractivity (Wildman–Crippen MR) is 87.2 cm³/mol. The van der Waals surface area contributed by atoms with Crippen LogP contribution in [0.2, 0.25) is 0 Å². The molecule has 0 aliphatic carbocycles. The molecule has 3 nitrogen and oxygen atoms in total. The van der Waals surface area contributed by atoms with E-state index in [1.165, 1.54) is 10.9 Å². The molecule has 0 spiro atoms. The van der Waals surface area contributed by atoms with E-state index in [0.717, 1.165) is 16.1 Å². The maximum absolute atomic E-state index is 8.08. The van der Waals surface area contributed by atoms with Crippen molar-refractivity contribution in [2.75, 3.05) is 5.32 Å². The molecule has 2 aromatic heterocycles. The fourth-order valence-electron chi connectivity index (χ4n) is 2.32. The third-order valence-corrected chi connectivity index (χ3v) is 4.26. The van der Waals surface area contributed by atoms with Crippen molar-refractivity contribution in [1.29, 1.82) is 5.41 Å². The van der Waals surface area contributed by atoms with E-state index in [1.54, 1.807) is 11.3 Å². The zero-order chi connectivity index (χ0) is 14.1. The van der Waals surface area contributed by atoms with Gasteiger partial charge >= 0.3 is 0 Å².